The second kappa shape index (κ2) is 11.9. The highest BCUT2D eigenvalue weighted by Gasteiger charge is 2.14. The van der Waals surface area contributed by atoms with Crippen molar-refractivity contribution in [2.45, 2.75) is 40.7 Å². The number of rotatable bonds is 11. The topological polar surface area (TPSA) is 10.4 Å². The molecule has 0 atom stereocenters. The van der Waals surface area contributed by atoms with Crippen molar-refractivity contribution in [1.29, 1.82) is 0 Å². The van der Waals surface area contributed by atoms with E-state index in [0.717, 1.165) is 45.7 Å². The van der Waals surface area contributed by atoms with E-state index < -0.39 is 0 Å². The molecule has 0 aliphatic rings. The minimum Gasteiger partial charge on any atom is -0.370 e. The summed E-state index contributed by atoms with van der Waals surface area (Å²) >= 11 is 0. The Morgan fingerprint density at radius 1 is 0.879 bits per heavy atom. The van der Waals surface area contributed by atoms with Crippen LogP contribution in [0, 0.1) is 5.82 Å². The number of aryl methyl sites for hydroxylation is 1. The van der Waals surface area contributed by atoms with Gasteiger partial charge in [0.2, 0.25) is 0 Å². The molecule has 0 spiro atoms. The number of nitrogens with zero attached hydrogens (tertiary/aromatic N) is 3. The van der Waals surface area contributed by atoms with Gasteiger partial charge in [-0.3, -0.25) is 0 Å². The standard InChI is InChI=1S/C28H36F2N3/c1-5-31(6-2)17-10-18-32-19-15-22(16-20-32)26(29)21-23-11-9-12-25-24(23)13-14-27(28(25)30)33(7-3)8-4/h9,11-16,19-21H,5-8,10,17-18H2,1-4H3/q+1/b26-21-. The number of fused-ring (bicyclic) bond motifs is 1. The highest BCUT2D eigenvalue weighted by Crippen LogP contribution is 2.31. The van der Waals surface area contributed by atoms with Crippen molar-refractivity contribution < 1.29 is 13.3 Å². The van der Waals surface area contributed by atoms with E-state index in [2.05, 4.69) is 23.3 Å². The third-order valence-corrected chi connectivity index (χ3v) is 6.35. The van der Waals surface area contributed by atoms with Crippen molar-refractivity contribution in [1.82, 2.24) is 4.90 Å². The SMILES string of the molecule is CCN(CC)CCC[n+]1ccc(/C(F)=C/c2cccc3c(F)c(N(CC)CC)ccc23)cc1. The number of hydrogen-bond donors (Lipinski definition) is 0. The molecule has 176 valence electrons. The highest BCUT2D eigenvalue weighted by atomic mass is 19.1. The Hall–Kier alpha value is -2.79. The van der Waals surface area contributed by atoms with Crippen LogP contribution in [0.2, 0.25) is 0 Å². The molecule has 0 saturated heterocycles. The third-order valence-electron chi connectivity index (χ3n) is 6.35. The van der Waals surface area contributed by atoms with Gasteiger partial charge < -0.3 is 9.80 Å². The van der Waals surface area contributed by atoms with E-state index in [1.165, 1.54) is 6.08 Å². The Morgan fingerprint density at radius 2 is 1.58 bits per heavy atom. The molecule has 0 saturated carbocycles. The average Bonchev–Trinajstić information content (AvgIpc) is 2.84. The van der Waals surface area contributed by atoms with Crippen molar-refractivity contribution in [2.24, 2.45) is 0 Å². The van der Waals surface area contributed by atoms with Crippen LogP contribution in [0.5, 0.6) is 0 Å². The number of hydrogen-bond acceptors (Lipinski definition) is 2. The number of pyridine rings is 1. The first-order valence-corrected chi connectivity index (χ1v) is 12.1. The van der Waals surface area contributed by atoms with Crippen LogP contribution in [0.4, 0.5) is 14.5 Å². The monoisotopic (exact) mass is 452 g/mol. The number of benzene rings is 2. The van der Waals surface area contributed by atoms with Gasteiger partial charge in [0.25, 0.3) is 0 Å². The molecule has 0 amide bonds. The van der Waals surface area contributed by atoms with Gasteiger partial charge in [-0.25, -0.2) is 13.3 Å². The van der Waals surface area contributed by atoms with Crippen LogP contribution in [0.15, 0.2) is 54.9 Å². The van der Waals surface area contributed by atoms with E-state index in [9.17, 15) is 0 Å². The molecule has 1 heterocycles. The molecule has 0 aliphatic heterocycles. The molecule has 0 bridgehead atoms. The lowest BCUT2D eigenvalue weighted by Crippen LogP contribution is -2.35. The van der Waals surface area contributed by atoms with Crippen LogP contribution in [0.25, 0.3) is 22.7 Å². The quantitative estimate of drug-likeness (QED) is 0.316. The Labute approximate surface area is 197 Å². The summed E-state index contributed by atoms with van der Waals surface area (Å²) in [5.74, 6) is -0.580. The first-order valence-electron chi connectivity index (χ1n) is 12.1. The highest BCUT2D eigenvalue weighted by molar-refractivity contribution is 5.96. The van der Waals surface area contributed by atoms with Crippen LogP contribution in [0.1, 0.15) is 45.2 Å². The molecular formula is C28H36F2N3+. The van der Waals surface area contributed by atoms with E-state index in [4.69, 9.17) is 0 Å². The zero-order valence-electron chi connectivity index (χ0n) is 20.3. The Balaban J connectivity index is 1.80. The van der Waals surface area contributed by atoms with Gasteiger partial charge in [0, 0.05) is 49.1 Å². The van der Waals surface area contributed by atoms with Crippen LogP contribution in [-0.4, -0.2) is 37.6 Å². The lowest BCUT2D eigenvalue weighted by molar-refractivity contribution is -0.697. The van der Waals surface area contributed by atoms with Crippen LogP contribution in [0.3, 0.4) is 0 Å². The number of anilines is 1. The Kier molecular flexibility index (Phi) is 8.95. The molecule has 0 N–H and O–H groups in total. The predicted molar refractivity (Wildman–Crippen MR) is 135 cm³/mol. The van der Waals surface area contributed by atoms with Crippen molar-refractivity contribution in [3.63, 3.8) is 0 Å². The Morgan fingerprint density at radius 3 is 2.21 bits per heavy atom. The first kappa shape index (κ1) is 24.8. The first-order chi connectivity index (χ1) is 16.0. The minimum absolute atomic E-state index is 0.252. The maximum atomic E-state index is 15.2. The summed E-state index contributed by atoms with van der Waals surface area (Å²) in [6.45, 7) is 13.9. The fourth-order valence-corrected chi connectivity index (χ4v) is 4.27. The fourth-order valence-electron chi connectivity index (χ4n) is 4.27. The fraction of sp³-hybridized carbons (Fsp3) is 0.393. The summed E-state index contributed by atoms with van der Waals surface area (Å²) < 4.78 is 32.4. The maximum absolute atomic E-state index is 15.2. The molecule has 0 aliphatic carbocycles. The minimum atomic E-state index is -0.328. The van der Waals surface area contributed by atoms with Gasteiger partial charge in [0.1, 0.15) is 12.4 Å². The Bertz CT molecular complexity index is 1070. The normalized spacial score (nSPS) is 12.0. The summed E-state index contributed by atoms with van der Waals surface area (Å²) in [5.41, 5.74) is 1.78. The predicted octanol–water partition coefficient (Wildman–Crippen LogP) is 6.31. The van der Waals surface area contributed by atoms with Crippen molar-refractivity contribution in [3.8, 4) is 0 Å². The molecule has 33 heavy (non-hydrogen) atoms. The van der Waals surface area contributed by atoms with E-state index in [1.807, 2.05) is 43.3 Å². The molecule has 3 rings (SSSR count). The summed E-state index contributed by atoms with van der Waals surface area (Å²) in [6, 6.07) is 12.7. The summed E-state index contributed by atoms with van der Waals surface area (Å²) in [5, 5.41) is 1.23. The largest absolute Gasteiger partial charge is 0.370 e. The third kappa shape index (κ3) is 5.97. The van der Waals surface area contributed by atoms with Gasteiger partial charge in [-0.05, 0) is 50.0 Å². The number of halogens is 2. The zero-order chi connectivity index (χ0) is 23.8. The van der Waals surface area contributed by atoms with Crippen LogP contribution in [-0.2, 0) is 6.54 Å². The molecule has 1 aromatic heterocycles. The number of aromatic nitrogens is 1. The summed E-state index contributed by atoms with van der Waals surface area (Å²) in [7, 11) is 0. The van der Waals surface area contributed by atoms with Gasteiger partial charge in [-0.1, -0.05) is 38.1 Å². The molecule has 0 radical (unpaired) electrons. The maximum Gasteiger partial charge on any atom is 0.169 e. The van der Waals surface area contributed by atoms with Crippen LogP contribution >= 0.6 is 0 Å². The summed E-state index contributed by atoms with van der Waals surface area (Å²) in [4.78, 5) is 4.38. The molecular weight excluding hydrogens is 416 g/mol. The van der Waals surface area contributed by atoms with Gasteiger partial charge >= 0.3 is 0 Å². The van der Waals surface area contributed by atoms with Gasteiger partial charge in [0.15, 0.2) is 18.2 Å². The average molecular weight is 453 g/mol. The van der Waals surface area contributed by atoms with Crippen molar-refractivity contribution in [3.05, 3.63) is 71.8 Å². The van der Waals surface area contributed by atoms with E-state index in [-0.39, 0.29) is 11.6 Å². The van der Waals surface area contributed by atoms with E-state index in [1.54, 1.807) is 30.3 Å². The second-order valence-corrected chi connectivity index (χ2v) is 8.21. The van der Waals surface area contributed by atoms with Gasteiger partial charge in [-0.2, -0.15) is 0 Å². The van der Waals surface area contributed by atoms with Crippen LogP contribution < -0.4 is 9.47 Å². The van der Waals surface area contributed by atoms with Crippen molar-refractivity contribution >= 4 is 28.4 Å². The lowest BCUT2D eigenvalue weighted by atomic mass is 10.0. The smallest absolute Gasteiger partial charge is 0.169 e. The molecule has 0 fully saturated rings. The zero-order valence-corrected chi connectivity index (χ0v) is 20.3. The lowest BCUT2D eigenvalue weighted by Gasteiger charge is -2.22. The van der Waals surface area contributed by atoms with Crippen molar-refractivity contribution in [2.75, 3.05) is 37.6 Å². The molecule has 3 nitrogen and oxygen atoms in total. The molecule has 2 aromatic carbocycles. The summed E-state index contributed by atoms with van der Waals surface area (Å²) in [6.07, 6.45) is 6.40. The molecule has 0 unspecified atom stereocenters. The van der Waals surface area contributed by atoms with E-state index >= 15 is 8.78 Å². The van der Waals surface area contributed by atoms with Gasteiger partial charge in [0.05, 0.1) is 5.69 Å². The second-order valence-electron chi connectivity index (χ2n) is 8.21. The van der Waals surface area contributed by atoms with E-state index in [0.29, 0.717) is 27.6 Å². The van der Waals surface area contributed by atoms with Gasteiger partial charge in [-0.15, -0.1) is 0 Å². The molecule has 3 aromatic rings. The molecule has 5 heteroatoms.